The number of aromatic nitrogens is 2. The molecule has 0 radical (unpaired) electrons. The summed E-state index contributed by atoms with van der Waals surface area (Å²) in [6.07, 6.45) is 3.93. The average Bonchev–Trinajstić information content (AvgIpc) is 2.39. The Morgan fingerprint density at radius 2 is 1.58 bits per heavy atom. The molecule has 0 saturated carbocycles. The summed E-state index contributed by atoms with van der Waals surface area (Å²) < 4.78 is 0. The van der Waals surface area contributed by atoms with Crippen molar-refractivity contribution in [1.29, 1.82) is 0 Å². The van der Waals surface area contributed by atoms with Gasteiger partial charge in [-0.25, -0.2) is 9.97 Å². The normalized spacial score (nSPS) is 17.5. The zero-order chi connectivity index (χ0) is 13.8. The van der Waals surface area contributed by atoms with Crippen molar-refractivity contribution in [3.63, 3.8) is 0 Å². The Labute approximate surface area is 116 Å². The van der Waals surface area contributed by atoms with E-state index in [4.69, 9.17) is 0 Å². The topological polar surface area (TPSA) is 32.3 Å². The van der Waals surface area contributed by atoms with Gasteiger partial charge in [0.1, 0.15) is 0 Å². The van der Waals surface area contributed by atoms with E-state index in [0.717, 1.165) is 38.0 Å². The molecule has 0 amide bonds. The van der Waals surface area contributed by atoms with E-state index in [9.17, 15) is 0 Å². The van der Waals surface area contributed by atoms with Crippen molar-refractivity contribution in [3.05, 3.63) is 18.0 Å². The minimum absolute atomic E-state index is 0.497. The quantitative estimate of drug-likeness (QED) is 0.834. The second kappa shape index (κ2) is 6.33. The summed E-state index contributed by atoms with van der Waals surface area (Å²) >= 11 is 0. The first-order valence-corrected chi connectivity index (χ1v) is 7.35. The summed E-state index contributed by atoms with van der Waals surface area (Å²) in [5.74, 6) is 2.12. The lowest BCUT2D eigenvalue weighted by Crippen LogP contribution is -2.48. The van der Waals surface area contributed by atoms with Gasteiger partial charge in [-0.05, 0) is 17.4 Å². The molecule has 1 saturated heterocycles. The van der Waals surface area contributed by atoms with Crippen LogP contribution in [0.2, 0.25) is 0 Å². The number of nitrogens with zero attached hydrogens (tertiary/aromatic N) is 4. The molecule has 1 aliphatic heterocycles. The monoisotopic (exact) mass is 262 g/mol. The molecule has 2 rings (SSSR count). The fourth-order valence-electron chi connectivity index (χ4n) is 2.44. The van der Waals surface area contributed by atoms with E-state index < -0.39 is 0 Å². The SMILES string of the molecule is CC(C)CN1CCN(c2ncc(C(C)C)cn2)CC1. The molecule has 2 heterocycles. The van der Waals surface area contributed by atoms with Crippen molar-refractivity contribution in [2.75, 3.05) is 37.6 Å². The predicted molar refractivity (Wildman–Crippen MR) is 79.6 cm³/mol. The Morgan fingerprint density at radius 1 is 1.00 bits per heavy atom. The molecule has 0 atom stereocenters. The fourth-order valence-corrected chi connectivity index (χ4v) is 2.44. The Balaban J connectivity index is 1.90. The van der Waals surface area contributed by atoms with E-state index in [1.165, 1.54) is 12.1 Å². The maximum atomic E-state index is 4.51. The third kappa shape index (κ3) is 3.90. The van der Waals surface area contributed by atoms with E-state index in [1.807, 2.05) is 12.4 Å². The molecule has 0 aromatic carbocycles. The second-order valence-electron chi connectivity index (χ2n) is 6.15. The van der Waals surface area contributed by atoms with E-state index in [-0.39, 0.29) is 0 Å². The lowest BCUT2D eigenvalue weighted by molar-refractivity contribution is 0.230. The van der Waals surface area contributed by atoms with Crippen LogP contribution in [-0.4, -0.2) is 47.6 Å². The number of hydrogen-bond donors (Lipinski definition) is 0. The van der Waals surface area contributed by atoms with Crippen LogP contribution in [0, 0.1) is 5.92 Å². The second-order valence-corrected chi connectivity index (χ2v) is 6.15. The lowest BCUT2D eigenvalue weighted by Gasteiger charge is -2.35. The van der Waals surface area contributed by atoms with Crippen LogP contribution < -0.4 is 4.90 Å². The summed E-state index contributed by atoms with van der Waals surface area (Å²) in [4.78, 5) is 13.8. The Morgan fingerprint density at radius 3 is 2.05 bits per heavy atom. The molecule has 19 heavy (non-hydrogen) atoms. The van der Waals surface area contributed by atoms with Crippen molar-refractivity contribution in [2.24, 2.45) is 5.92 Å². The summed E-state index contributed by atoms with van der Waals surface area (Å²) in [5.41, 5.74) is 1.21. The van der Waals surface area contributed by atoms with Gasteiger partial charge in [0.25, 0.3) is 0 Å². The summed E-state index contributed by atoms with van der Waals surface area (Å²) in [6, 6.07) is 0. The molecule has 1 aromatic rings. The zero-order valence-corrected chi connectivity index (χ0v) is 12.6. The van der Waals surface area contributed by atoms with Crippen molar-refractivity contribution in [3.8, 4) is 0 Å². The first-order chi connectivity index (χ1) is 9.06. The Hall–Kier alpha value is -1.16. The molecule has 0 N–H and O–H groups in total. The van der Waals surface area contributed by atoms with Gasteiger partial charge < -0.3 is 4.90 Å². The van der Waals surface area contributed by atoms with Gasteiger partial charge in [-0.3, -0.25) is 4.90 Å². The first kappa shape index (κ1) is 14.3. The summed E-state index contributed by atoms with van der Waals surface area (Å²) in [6.45, 7) is 14.4. The molecule has 1 fully saturated rings. The molecular weight excluding hydrogens is 236 g/mol. The van der Waals surface area contributed by atoms with E-state index in [2.05, 4.69) is 47.5 Å². The van der Waals surface area contributed by atoms with Gasteiger partial charge in [-0.1, -0.05) is 27.7 Å². The number of rotatable bonds is 4. The Kier molecular flexibility index (Phi) is 4.75. The van der Waals surface area contributed by atoms with Crippen LogP contribution in [0.25, 0.3) is 0 Å². The molecule has 0 aliphatic carbocycles. The van der Waals surface area contributed by atoms with Crippen LogP contribution >= 0.6 is 0 Å². The molecule has 0 unspecified atom stereocenters. The van der Waals surface area contributed by atoms with Gasteiger partial charge in [-0.15, -0.1) is 0 Å². The van der Waals surface area contributed by atoms with Gasteiger partial charge in [0, 0.05) is 45.1 Å². The molecular formula is C15H26N4. The van der Waals surface area contributed by atoms with Gasteiger partial charge in [0.05, 0.1) is 0 Å². The molecule has 106 valence electrons. The molecule has 0 spiro atoms. The van der Waals surface area contributed by atoms with Gasteiger partial charge in [0.2, 0.25) is 5.95 Å². The van der Waals surface area contributed by atoms with Crippen molar-refractivity contribution >= 4 is 5.95 Å². The fraction of sp³-hybridized carbons (Fsp3) is 0.733. The van der Waals surface area contributed by atoms with Crippen LogP contribution in [0.3, 0.4) is 0 Å². The van der Waals surface area contributed by atoms with Crippen molar-refractivity contribution in [2.45, 2.75) is 33.6 Å². The zero-order valence-electron chi connectivity index (χ0n) is 12.6. The van der Waals surface area contributed by atoms with Crippen LogP contribution in [0.4, 0.5) is 5.95 Å². The average molecular weight is 262 g/mol. The predicted octanol–water partition coefficient (Wildman–Crippen LogP) is 2.38. The van der Waals surface area contributed by atoms with Gasteiger partial charge >= 0.3 is 0 Å². The van der Waals surface area contributed by atoms with Gasteiger partial charge in [-0.2, -0.15) is 0 Å². The standard InChI is InChI=1S/C15H26N4/c1-12(2)11-18-5-7-19(8-6-18)15-16-9-14(10-17-15)13(3)4/h9-10,12-13H,5-8,11H2,1-4H3. The molecule has 1 aromatic heterocycles. The lowest BCUT2D eigenvalue weighted by atomic mass is 10.1. The van der Waals surface area contributed by atoms with Crippen LogP contribution in [0.5, 0.6) is 0 Å². The maximum absolute atomic E-state index is 4.51. The van der Waals surface area contributed by atoms with Crippen molar-refractivity contribution < 1.29 is 0 Å². The minimum atomic E-state index is 0.497. The largest absolute Gasteiger partial charge is 0.338 e. The molecule has 4 heteroatoms. The number of anilines is 1. The van der Waals surface area contributed by atoms with Crippen LogP contribution in [0.15, 0.2) is 12.4 Å². The summed E-state index contributed by atoms with van der Waals surface area (Å²) in [5, 5.41) is 0. The highest BCUT2D eigenvalue weighted by atomic mass is 15.3. The molecule has 4 nitrogen and oxygen atoms in total. The number of hydrogen-bond acceptors (Lipinski definition) is 4. The highest BCUT2D eigenvalue weighted by Crippen LogP contribution is 2.15. The highest BCUT2D eigenvalue weighted by Gasteiger charge is 2.19. The Bertz CT molecular complexity index is 378. The number of piperazine rings is 1. The first-order valence-electron chi connectivity index (χ1n) is 7.35. The highest BCUT2D eigenvalue weighted by molar-refractivity contribution is 5.31. The third-order valence-corrected chi connectivity index (χ3v) is 3.60. The van der Waals surface area contributed by atoms with E-state index >= 15 is 0 Å². The van der Waals surface area contributed by atoms with Crippen LogP contribution in [0.1, 0.15) is 39.2 Å². The van der Waals surface area contributed by atoms with E-state index in [1.54, 1.807) is 0 Å². The maximum Gasteiger partial charge on any atom is 0.225 e. The van der Waals surface area contributed by atoms with Crippen LogP contribution in [-0.2, 0) is 0 Å². The molecule has 0 bridgehead atoms. The van der Waals surface area contributed by atoms with Gasteiger partial charge in [0.15, 0.2) is 0 Å². The summed E-state index contributed by atoms with van der Waals surface area (Å²) in [7, 11) is 0. The third-order valence-electron chi connectivity index (χ3n) is 3.60. The molecule has 1 aliphatic rings. The van der Waals surface area contributed by atoms with E-state index in [0.29, 0.717) is 5.92 Å². The van der Waals surface area contributed by atoms with Crippen molar-refractivity contribution in [1.82, 2.24) is 14.9 Å². The minimum Gasteiger partial charge on any atom is -0.338 e. The smallest absolute Gasteiger partial charge is 0.225 e.